The number of aliphatic hydroxyl groups is 2. The molecule has 1 heterocycles. The van der Waals surface area contributed by atoms with Crippen LogP contribution >= 0.6 is 0 Å². The molecule has 1 aliphatic heterocycles. The molecule has 1 fully saturated rings. The molecule has 0 bridgehead atoms. The SMILES string of the molecule is Cc1ccc(C(O)CN2CCC(C(O)c3ccccc3)CC2)cc1. The Morgan fingerprint density at radius 2 is 1.54 bits per heavy atom. The second kappa shape index (κ2) is 7.93. The molecule has 2 aromatic rings. The van der Waals surface area contributed by atoms with Gasteiger partial charge in [0.05, 0.1) is 12.2 Å². The number of rotatable bonds is 5. The molecule has 0 aliphatic carbocycles. The molecule has 0 amide bonds. The van der Waals surface area contributed by atoms with E-state index < -0.39 is 6.10 Å². The Kier molecular flexibility index (Phi) is 5.67. The van der Waals surface area contributed by atoms with E-state index in [0.717, 1.165) is 37.1 Å². The van der Waals surface area contributed by atoms with Crippen molar-refractivity contribution in [1.29, 1.82) is 0 Å². The first-order valence-corrected chi connectivity index (χ1v) is 8.83. The lowest BCUT2D eigenvalue weighted by molar-refractivity contribution is 0.0399. The minimum atomic E-state index is -0.443. The van der Waals surface area contributed by atoms with Crippen LogP contribution in [-0.4, -0.2) is 34.7 Å². The summed E-state index contributed by atoms with van der Waals surface area (Å²) in [7, 11) is 0. The number of benzene rings is 2. The molecule has 0 spiro atoms. The van der Waals surface area contributed by atoms with Gasteiger partial charge in [0.1, 0.15) is 0 Å². The van der Waals surface area contributed by atoms with Crippen molar-refractivity contribution in [3.8, 4) is 0 Å². The molecule has 24 heavy (non-hydrogen) atoms. The molecule has 2 unspecified atom stereocenters. The largest absolute Gasteiger partial charge is 0.388 e. The molecule has 3 rings (SSSR count). The zero-order valence-electron chi connectivity index (χ0n) is 14.3. The molecule has 0 radical (unpaired) electrons. The molecule has 2 aromatic carbocycles. The van der Waals surface area contributed by atoms with Crippen LogP contribution < -0.4 is 0 Å². The fraction of sp³-hybridized carbons (Fsp3) is 0.429. The highest BCUT2D eigenvalue weighted by atomic mass is 16.3. The number of aliphatic hydroxyl groups excluding tert-OH is 2. The van der Waals surface area contributed by atoms with E-state index in [1.807, 2.05) is 54.6 Å². The Labute approximate surface area is 144 Å². The van der Waals surface area contributed by atoms with E-state index in [0.29, 0.717) is 12.5 Å². The number of likely N-dealkylation sites (tertiary alicyclic amines) is 1. The van der Waals surface area contributed by atoms with E-state index >= 15 is 0 Å². The number of hydrogen-bond acceptors (Lipinski definition) is 3. The first-order chi connectivity index (χ1) is 11.6. The molecule has 1 aliphatic rings. The van der Waals surface area contributed by atoms with E-state index in [2.05, 4.69) is 11.8 Å². The highest BCUT2D eigenvalue weighted by Gasteiger charge is 2.27. The smallest absolute Gasteiger partial charge is 0.0916 e. The minimum Gasteiger partial charge on any atom is -0.388 e. The van der Waals surface area contributed by atoms with E-state index in [4.69, 9.17) is 0 Å². The van der Waals surface area contributed by atoms with Crippen LogP contribution in [0.3, 0.4) is 0 Å². The highest BCUT2D eigenvalue weighted by molar-refractivity contribution is 5.23. The molecule has 0 saturated carbocycles. The van der Waals surface area contributed by atoms with Gasteiger partial charge in [-0.3, -0.25) is 0 Å². The van der Waals surface area contributed by atoms with E-state index in [1.54, 1.807) is 0 Å². The lowest BCUT2D eigenvalue weighted by Gasteiger charge is -2.35. The number of nitrogens with zero attached hydrogens (tertiary/aromatic N) is 1. The van der Waals surface area contributed by atoms with Crippen molar-refractivity contribution in [1.82, 2.24) is 4.90 Å². The lowest BCUT2D eigenvalue weighted by atomic mass is 9.87. The summed E-state index contributed by atoms with van der Waals surface area (Å²) in [6.45, 7) is 4.57. The number of piperidine rings is 1. The Hall–Kier alpha value is -1.68. The summed E-state index contributed by atoms with van der Waals surface area (Å²) in [5, 5.41) is 21.0. The van der Waals surface area contributed by atoms with Crippen molar-refractivity contribution in [3.63, 3.8) is 0 Å². The van der Waals surface area contributed by atoms with Gasteiger partial charge in [0.15, 0.2) is 0 Å². The Morgan fingerprint density at radius 1 is 0.917 bits per heavy atom. The topological polar surface area (TPSA) is 43.7 Å². The summed E-state index contributed by atoms with van der Waals surface area (Å²) in [6.07, 6.45) is 1.12. The maximum absolute atomic E-state index is 10.5. The number of hydrogen-bond donors (Lipinski definition) is 2. The molecule has 0 aromatic heterocycles. The normalized spacial score (nSPS) is 19.1. The molecule has 3 heteroatoms. The van der Waals surface area contributed by atoms with E-state index in [9.17, 15) is 10.2 Å². The van der Waals surface area contributed by atoms with Gasteiger partial charge in [-0.15, -0.1) is 0 Å². The Morgan fingerprint density at radius 3 is 2.17 bits per heavy atom. The maximum atomic E-state index is 10.5. The molecule has 2 N–H and O–H groups in total. The summed E-state index contributed by atoms with van der Waals surface area (Å²) in [5.41, 5.74) is 3.20. The summed E-state index contributed by atoms with van der Waals surface area (Å²) >= 11 is 0. The lowest BCUT2D eigenvalue weighted by Crippen LogP contribution is -2.38. The summed E-state index contributed by atoms with van der Waals surface area (Å²) in [4.78, 5) is 2.30. The van der Waals surface area contributed by atoms with Gasteiger partial charge >= 0.3 is 0 Å². The van der Waals surface area contributed by atoms with Crippen molar-refractivity contribution in [3.05, 3.63) is 71.3 Å². The standard InChI is InChI=1S/C21H27NO2/c1-16-7-9-17(10-8-16)20(23)15-22-13-11-19(12-14-22)21(24)18-5-3-2-4-6-18/h2-10,19-21,23-24H,11-15H2,1H3. The quantitative estimate of drug-likeness (QED) is 0.884. The van der Waals surface area contributed by atoms with Gasteiger partial charge in [0.2, 0.25) is 0 Å². The van der Waals surface area contributed by atoms with Crippen molar-refractivity contribution in [2.45, 2.75) is 32.0 Å². The molecular weight excluding hydrogens is 298 g/mol. The van der Waals surface area contributed by atoms with Crippen molar-refractivity contribution in [2.75, 3.05) is 19.6 Å². The third-order valence-corrected chi connectivity index (χ3v) is 5.11. The van der Waals surface area contributed by atoms with Crippen LogP contribution in [-0.2, 0) is 0 Å². The van der Waals surface area contributed by atoms with Crippen LogP contribution in [0, 0.1) is 12.8 Å². The second-order valence-corrected chi connectivity index (χ2v) is 6.92. The average molecular weight is 325 g/mol. The van der Waals surface area contributed by atoms with Crippen molar-refractivity contribution in [2.24, 2.45) is 5.92 Å². The maximum Gasteiger partial charge on any atom is 0.0916 e. The van der Waals surface area contributed by atoms with Crippen LogP contribution in [0.1, 0.15) is 41.7 Å². The van der Waals surface area contributed by atoms with Gasteiger partial charge in [-0.25, -0.2) is 0 Å². The number of aryl methyl sites for hydroxylation is 1. The Balaban J connectivity index is 1.51. The van der Waals surface area contributed by atoms with Gasteiger partial charge in [0.25, 0.3) is 0 Å². The van der Waals surface area contributed by atoms with Crippen molar-refractivity contribution < 1.29 is 10.2 Å². The fourth-order valence-electron chi connectivity index (χ4n) is 3.51. The van der Waals surface area contributed by atoms with E-state index in [-0.39, 0.29) is 6.10 Å². The van der Waals surface area contributed by atoms with Crippen LogP contribution in [0.2, 0.25) is 0 Å². The van der Waals surface area contributed by atoms with Gasteiger partial charge in [-0.05, 0) is 49.9 Å². The van der Waals surface area contributed by atoms with Crippen LogP contribution in [0.15, 0.2) is 54.6 Å². The molecular formula is C21H27NO2. The van der Waals surface area contributed by atoms with Crippen molar-refractivity contribution >= 4 is 0 Å². The van der Waals surface area contributed by atoms with E-state index in [1.165, 1.54) is 5.56 Å². The third kappa shape index (κ3) is 4.23. The fourth-order valence-corrected chi connectivity index (χ4v) is 3.51. The predicted octanol–water partition coefficient (Wildman–Crippen LogP) is 3.47. The zero-order valence-corrected chi connectivity index (χ0v) is 14.3. The molecule has 3 nitrogen and oxygen atoms in total. The first kappa shape index (κ1) is 17.2. The predicted molar refractivity (Wildman–Crippen MR) is 96.7 cm³/mol. The highest BCUT2D eigenvalue weighted by Crippen LogP contribution is 2.31. The van der Waals surface area contributed by atoms with Gasteiger partial charge in [-0.2, -0.15) is 0 Å². The molecule has 2 atom stereocenters. The third-order valence-electron chi connectivity index (χ3n) is 5.11. The monoisotopic (exact) mass is 325 g/mol. The first-order valence-electron chi connectivity index (χ1n) is 8.83. The van der Waals surface area contributed by atoms with Gasteiger partial charge < -0.3 is 15.1 Å². The van der Waals surface area contributed by atoms with Crippen LogP contribution in [0.5, 0.6) is 0 Å². The number of β-amino-alcohol motifs (C(OH)–C–C–N with tert-alkyl or cyclic N) is 1. The summed E-state index contributed by atoms with van der Waals surface area (Å²) < 4.78 is 0. The Bertz CT molecular complexity index is 618. The van der Waals surface area contributed by atoms with Crippen LogP contribution in [0.25, 0.3) is 0 Å². The van der Waals surface area contributed by atoms with Crippen LogP contribution in [0.4, 0.5) is 0 Å². The summed E-state index contributed by atoms with van der Waals surface area (Å²) in [5.74, 6) is 0.306. The van der Waals surface area contributed by atoms with Gasteiger partial charge in [-0.1, -0.05) is 60.2 Å². The minimum absolute atomic E-state index is 0.306. The zero-order chi connectivity index (χ0) is 16.9. The summed E-state index contributed by atoms with van der Waals surface area (Å²) in [6, 6.07) is 18.0. The average Bonchev–Trinajstić information content (AvgIpc) is 2.63. The second-order valence-electron chi connectivity index (χ2n) is 6.92. The van der Waals surface area contributed by atoms with Gasteiger partial charge in [0, 0.05) is 6.54 Å². The molecule has 1 saturated heterocycles. The molecule has 128 valence electrons.